The zero-order valence-electron chi connectivity index (χ0n) is 11.8. The molecule has 2 rings (SSSR count). The molecule has 0 saturated carbocycles. The number of nitrogen functional groups attached to an aromatic ring is 1. The summed E-state index contributed by atoms with van der Waals surface area (Å²) in [6.45, 7) is 5.82. The number of hydrogen-bond donors (Lipinski definition) is 1. The van der Waals surface area contributed by atoms with Crippen LogP contribution in [0.5, 0.6) is 5.75 Å². The fourth-order valence-electron chi connectivity index (χ4n) is 1.83. The van der Waals surface area contributed by atoms with Crippen LogP contribution < -0.4 is 16.0 Å². The molecule has 108 valence electrons. The number of rotatable bonds is 5. The van der Waals surface area contributed by atoms with Gasteiger partial charge in [-0.1, -0.05) is 24.8 Å². The van der Waals surface area contributed by atoms with E-state index >= 15 is 0 Å². The van der Waals surface area contributed by atoms with Crippen molar-refractivity contribution in [3.8, 4) is 5.75 Å². The number of pyridine rings is 1. The summed E-state index contributed by atoms with van der Waals surface area (Å²) >= 11 is 0. The highest BCUT2D eigenvalue weighted by Crippen LogP contribution is 2.16. The van der Waals surface area contributed by atoms with Crippen molar-refractivity contribution in [1.29, 1.82) is 0 Å². The lowest BCUT2D eigenvalue weighted by molar-refractivity contribution is 0.362. The maximum absolute atomic E-state index is 11.9. The van der Waals surface area contributed by atoms with Crippen LogP contribution in [0.3, 0.4) is 0 Å². The van der Waals surface area contributed by atoms with Crippen LogP contribution >= 0.6 is 0 Å². The van der Waals surface area contributed by atoms with Crippen LogP contribution in [0.2, 0.25) is 0 Å². The summed E-state index contributed by atoms with van der Waals surface area (Å²) in [6.07, 6.45) is 3.21. The predicted molar refractivity (Wildman–Crippen MR) is 85.0 cm³/mol. The van der Waals surface area contributed by atoms with Gasteiger partial charge in [-0.3, -0.25) is 4.79 Å². The van der Waals surface area contributed by atoms with E-state index in [9.17, 15) is 4.79 Å². The first-order valence-electron chi connectivity index (χ1n) is 6.48. The second kappa shape index (κ2) is 6.56. The molecule has 1 aromatic carbocycles. The Hall–Kier alpha value is -2.82. The maximum Gasteiger partial charge on any atom is 0.273 e. The SMILES string of the molecule is C=CCOc1ccccc1/C=N\n1c(N)cc(C)cc1=O. The van der Waals surface area contributed by atoms with E-state index in [4.69, 9.17) is 10.5 Å². The van der Waals surface area contributed by atoms with Crippen molar-refractivity contribution in [2.75, 3.05) is 12.3 Å². The summed E-state index contributed by atoms with van der Waals surface area (Å²) < 4.78 is 6.68. The highest BCUT2D eigenvalue weighted by Gasteiger charge is 2.02. The highest BCUT2D eigenvalue weighted by molar-refractivity contribution is 5.83. The molecule has 0 amide bonds. The number of nitrogens with zero attached hydrogens (tertiary/aromatic N) is 2. The van der Waals surface area contributed by atoms with Crippen LogP contribution in [0.25, 0.3) is 0 Å². The number of hydrogen-bond acceptors (Lipinski definition) is 4. The molecule has 21 heavy (non-hydrogen) atoms. The summed E-state index contributed by atoms with van der Waals surface area (Å²) in [5.74, 6) is 0.959. The number of ether oxygens (including phenoxy) is 1. The van der Waals surface area contributed by atoms with E-state index in [0.717, 1.165) is 15.8 Å². The number of benzene rings is 1. The molecule has 0 radical (unpaired) electrons. The van der Waals surface area contributed by atoms with E-state index in [1.807, 2.05) is 31.2 Å². The van der Waals surface area contributed by atoms with Gasteiger partial charge in [-0.2, -0.15) is 9.78 Å². The molecule has 0 aliphatic rings. The third-order valence-corrected chi connectivity index (χ3v) is 2.77. The zero-order chi connectivity index (χ0) is 15.2. The van der Waals surface area contributed by atoms with Crippen LogP contribution in [0, 0.1) is 6.92 Å². The Bertz CT molecular complexity index is 733. The lowest BCUT2D eigenvalue weighted by atomic mass is 10.2. The molecule has 1 heterocycles. The van der Waals surface area contributed by atoms with Crippen molar-refractivity contribution >= 4 is 12.0 Å². The molecule has 2 aromatic rings. The molecule has 1 aromatic heterocycles. The predicted octanol–water partition coefficient (Wildman–Crippen LogP) is 2.19. The van der Waals surface area contributed by atoms with Gasteiger partial charge in [-0.05, 0) is 30.7 Å². The zero-order valence-corrected chi connectivity index (χ0v) is 11.8. The summed E-state index contributed by atoms with van der Waals surface area (Å²) in [4.78, 5) is 11.9. The summed E-state index contributed by atoms with van der Waals surface area (Å²) in [5, 5.41) is 4.13. The van der Waals surface area contributed by atoms with Gasteiger partial charge in [0.05, 0.1) is 6.21 Å². The lowest BCUT2D eigenvalue weighted by Gasteiger charge is -2.07. The molecule has 0 atom stereocenters. The Kier molecular flexibility index (Phi) is 4.56. The van der Waals surface area contributed by atoms with Gasteiger partial charge in [0.2, 0.25) is 0 Å². The Morgan fingerprint density at radius 2 is 2.14 bits per heavy atom. The molecule has 0 aliphatic heterocycles. The molecule has 0 fully saturated rings. The highest BCUT2D eigenvalue weighted by atomic mass is 16.5. The van der Waals surface area contributed by atoms with Crippen LogP contribution in [-0.2, 0) is 0 Å². The van der Waals surface area contributed by atoms with Gasteiger partial charge < -0.3 is 10.5 Å². The van der Waals surface area contributed by atoms with Crippen molar-refractivity contribution in [2.24, 2.45) is 5.10 Å². The third kappa shape index (κ3) is 3.60. The van der Waals surface area contributed by atoms with E-state index in [1.54, 1.807) is 18.4 Å². The fourth-order valence-corrected chi connectivity index (χ4v) is 1.83. The van der Waals surface area contributed by atoms with E-state index in [-0.39, 0.29) is 5.56 Å². The average molecular weight is 283 g/mol. The average Bonchev–Trinajstić information content (AvgIpc) is 2.45. The minimum Gasteiger partial charge on any atom is -0.489 e. The molecule has 5 heteroatoms. The van der Waals surface area contributed by atoms with Crippen molar-refractivity contribution in [3.05, 3.63) is 70.5 Å². The van der Waals surface area contributed by atoms with E-state index in [2.05, 4.69) is 11.7 Å². The standard InChI is InChI=1S/C16H17N3O2/c1-3-8-21-14-7-5-4-6-13(14)11-18-19-15(17)9-12(2)10-16(19)20/h3-7,9-11H,1,8,17H2,2H3/b18-11-. The molecule has 0 aliphatic carbocycles. The van der Waals surface area contributed by atoms with Gasteiger partial charge >= 0.3 is 0 Å². The first-order valence-corrected chi connectivity index (χ1v) is 6.48. The van der Waals surface area contributed by atoms with Crippen molar-refractivity contribution in [3.63, 3.8) is 0 Å². The van der Waals surface area contributed by atoms with Crippen molar-refractivity contribution < 1.29 is 4.74 Å². The van der Waals surface area contributed by atoms with Gasteiger partial charge in [0, 0.05) is 11.6 Å². The van der Waals surface area contributed by atoms with Gasteiger partial charge in [0.15, 0.2) is 0 Å². The van der Waals surface area contributed by atoms with Crippen molar-refractivity contribution in [2.45, 2.75) is 6.92 Å². The number of para-hydroxylation sites is 1. The number of aromatic nitrogens is 1. The molecule has 0 bridgehead atoms. The molecule has 0 spiro atoms. The summed E-state index contributed by atoms with van der Waals surface area (Å²) in [5.41, 5.74) is 7.10. The molecule has 0 saturated heterocycles. The first-order chi connectivity index (χ1) is 10.1. The minimum atomic E-state index is -0.270. The van der Waals surface area contributed by atoms with Gasteiger partial charge in [-0.15, -0.1) is 0 Å². The van der Waals surface area contributed by atoms with Crippen LogP contribution in [0.15, 0.2) is 58.9 Å². The van der Waals surface area contributed by atoms with Crippen LogP contribution in [-0.4, -0.2) is 17.5 Å². The largest absolute Gasteiger partial charge is 0.489 e. The topological polar surface area (TPSA) is 69.6 Å². The van der Waals surface area contributed by atoms with Crippen molar-refractivity contribution in [1.82, 2.24) is 4.68 Å². The molecule has 5 nitrogen and oxygen atoms in total. The first kappa shape index (κ1) is 14.6. The second-order valence-electron chi connectivity index (χ2n) is 4.49. The Morgan fingerprint density at radius 1 is 1.38 bits per heavy atom. The van der Waals surface area contributed by atoms with Crippen LogP contribution in [0.1, 0.15) is 11.1 Å². The van der Waals surface area contributed by atoms with Gasteiger partial charge in [0.1, 0.15) is 18.2 Å². The summed E-state index contributed by atoms with van der Waals surface area (Å²) in [6, 6.07) is 10.6. The summed E-state index contributed by atoms with van der Waals surface area (Å²) in [7, 11) is 0. The monoisotopic (exact) mass is 283 g/mol. The molecule has 0 unspecified atom stereocenters. The van der Waals surface area contributed by atoms with Gasteiger partial charge in [-0.25, -0.2) is 0 Å². The van der Waals surface area contributed by atoms with E-state index < -0.39 is 0 Å². The Labute approximate surface area is 123 Å². The molecular formula is C16H17N3O2. The quantitative estimate of drug-likeness (QED) is 0.675. The third-order valence-electron chi connectivity index (χ3n) is 2.77. The van der Waals surface area contributed by atoms with E-state index in [0.29, 0.717) is 18.2 Å². The maximum atomic E-state index is 11.9. The Balaban J connectivity index is 2.34. The number of nitrogens with two attached hydrogens (primary N) is 1. The number of aryl methyl sites for hydroxylation is 1. The fraction of sp³-hybridized carbons (Fsp3) is 0.125. The molecular weight excluding hydrogens is 266 g/mol. The smallest absolute Gasteiger partial charge is 0.273 e. The number of anilines is 1. The van der Waals surface area contributed by atoms with Crippen LogP contribution in [0.4, 0.5) is 5.82 Å². The lowest BCUT2D eigenvalue weighted by Crippen LogP contribution is -2.19. The van der Waals surface area contributed by atoms with Gasteiger partial charge in [0.25, 0.3) is 5.56 Å². The molecule has 2 N–H and O–H groups in total. The Morgan fingerprint density at radius 3 is 2.86 bits per heavy atom. The second-order valence-corrected chi connectivity index (χ2v) is 4.49. The normalized spacial score (nSPS) is 10.7. The minimum absolute atomic E-state index is 0.270. The van der Waals surface area contributed by atoms with E-state index in [1.165, 1.54) is 6.07 Å².